The Morgan fingerprint density at radius 1 is 1.24 bits per heavy atom. The third-order valence-electron chi connectivity index (χ3n) is 5.97. The summed E-state index contributed by atoms with van der Waals surface area (Å²) in [6, 6.07) is 10.6. The molecule has 0 saturated carbocycles. The largest absolute Gasteiger partial charge is 0.461 e. The molecule has 10 heteroatoms. The number of hydrogen-bond donors (Lipinski definition) is 0. The van der Waals surface area contributed by atoms with Crippen molar-refractivity contribution in [3.05, 3.63) is 73.6 Å². The molecule has 5 heterocycles. The molecule has 0 aliphatic carbocycles. The number of rotatable bonds is 4. The van der Waals surface area contributed by atoms with Crippen LogP contribution in [-0.2, 0) is 24.3 Å². The Hall–Kier alpha value is -3.08. The van der Waals surface area contributed by atoms with Gasteiger partial charge < -0.3 is 9.15 Å². The molecule has 0 spiro atoms. The maximum atomic E-state index is 13.6. The van der Waals surface area contributed by atoms with E-state index in [1.54, 1.807) is 24.3 Å². The van der Waals surface area contributed by atoms with Crippen LogP contribution in [0.4, 0.5) is 0 Å². The van der Waals surface area contributed by atoms with E-state index >= 15 is 0 Å². The molecule has 0 N–H and O–H groups in total. The molecular formula is C24H19BrN4O4S. The summed E-state index contributed by atoms with van der Waals surface area (Å²) >= 11 is 4.87. The van der Waals surface area contributed by atoms with Gasteiger partial charge in [0.15, 0.2) is 17.2 Å². The minimum absolute atomic E-state index is 0.105. The summed E-state index contributed by atoms with van der Waals surface area (Å²) in [6.07, 6.45) is 2.21. The fourth-order valence-electron chi connectivity index (χ4n) is 4.29. The summed E-state index contributed by atoms with van der Waals surface area (Å²) in [5.41, 5.74) is 1.32. The molecular weight excluding hydrogens is 520 g/mol. The third kappa shape index (κ3) is 3.44. The normalized spacial score (nSPS) is 15.1. The Kier molecular flexibility index (Phi) is 4.87. The monoisotopic (exact) mass is 538 g/mol. The molecule has 0 atom stereocenters. The minimum Gasteiger partial charge on any atom is -0.461 e. The highest BCUT2D eigenvalue weighted by atomic mass is 79.9. The molecule has 34 heavy (non-hydrogen) atoms. The summed E-state index contributed by atoms with van der Waals surface area (Å²) in [4.78, 5) is 33.2. The van der Waals surface area contributed by atoms with E-state index in [1.165, 1.54) is 26.7 Å². The molecule has 5 aromatic rings. The fraction of sp³-hybridized carbons (Fsp3) is 0.250. The van der Waals surface area contributed by atoms with Crippen molar-refractivity contribution in [1.29, 1.82) is 0 Å². The van der Waals surface area contributed by atoms with Gasteiger partial charge >= 0.3 is 5.69 Å². The summed E-state index contributed by atoms with van der Waals surface area (Å²) in [5, 5.41) is 5.29. The average molecular weight is 539 g/mol. The van der Waals surface area contributed by atoms with E-state index in [-0.39, 0.29) is 17.9 Å². The van der Waals surface area contributed by atoms with Gasteiger partial charge in [-0.2, -0.15) is 4.52 Å². The first kappa shape index (κ1) is 21.5. The number of thiophene rings is 1. The van der Waals surface area contributed by atoms with Crippen LogP contribution < -0.4 is 5.69 Å². The number of furan rings is 1. The maximum Gasteiger partial charge on any atom is 0.352 e. The third-order valence-corrected chi connectivity index (χ3v) is 7.72. The number of ether oxygens (including phenoxy) is 1. The van der Waals surface area contributed by atoms with Gasteiger partial charge in [0.1, 0.15) is 4.83 Å². The molecule has 0 fully saturated rings. The van der Waals surface area contributed by atoms with Crippen LogP contribution in [0.2, 0.25) is 0 Å². The first-order valence-corrected chi connectivity index (χ1v) is 12.3. The van der Waals surface area contributed by atoms with Gasteiger partial charge in [-0.05, 0) is 43.7 Å². The number of carbonyl (C=O) groups is 1. The molecule has 1 aliphatic heterocycles. The van der Waals surface area contributed by atoms with Crippen molar-refractivity contribution in [1.82, 2.24) is 19.2 Å². The molecule has 0 amide bonds. The number of benzene rings is 1. The smallest absolute Gasteiger partial charge is 0.352 e. The zero-order valence-electron chi connectivity index (χ0n) is 18.4. The predicted molar refractivity (Wildman–Crippen MR) is 131 cm³/mol. The van der Waals surface area contributed by atoms with Crippen molar-refractivity contribution >= 4 is 48.9 Å². The van der Waals surface area contributed by atoms with Crippen LogP contribution in [0.15, 0.2) is 56.3 Å². The summed E-state index contributed by atoms with van der Waals surface area (Å²) < 4.78 is 15.2. The zero-order valence-corrected chi connectivity index (χ0v) is 20.8. The van der Waals surface area contributed by atoms with Gasteiger partial charge in [-0.25, -0.2) is 9.78 Å². The zero-order chi connectivity index (χ0) is 23.6. The SMILES string of the molecule is CC1(C)Cc2c(sc3c2c2nc(-c4ccco4)nn2c(=O)n3CC(=O)c2ccc(Br)cc2)CO1. The lowest BCUT2D eigenvalue weighted by Gasteiger charge is -2.30. The van der Waals surface area contributed by atoms with Gasteiger partial charge in [-0.15, -0.1) is 16.4 Å². The van der Waals surface area contributed by atoms with Crippen LogP contribution in [0.5, 0.6) is 0 Å². The van der Waals surface area contributed by atoms with Gasteiger partial charge in [0.25, 0.3) is 0 Å². The summed E-state index contributed by atoms with van der Waals surface area (Å²) in [7, 11) is 0. The van der Waals surface area contributed by atoms with Crippen LogP contribution in [-0.4, -0.2) is 30.5 Å². The topological polar surface area (TPSA) is 91.6 Å². The molecule has 0 radical (unpaired) electrons. The Morgan fingerprint density at radius 2 is 2.03 bits per heavy atom. The number of aromatic nitrogens is 4. The Balaban J connectivity index is 1.60. The highest BCUT2D eigenvalue weighted by molar-refractivity contribution is 9.10. The van der Waals surface area contributed by atoms with Crippen molar-refractivity contribution in [2.75, 3.05) is 0 Å². The summed E-state index contributed by atoms with van der Waals surface area (Å²) in [6.45, 7) is 4.43. The molecule has 1 aliphatic rings. The number of halogens is 1. The van der Waals surface area contributed by atoms with Gasteiger partial charge in [0.2, 0.25) is 5.82 Å². The Labute approximate surface area is 205 Å². The standard InChI is InChI=1S/C24H19BrN4O4S/c1-24(2)10-15-18(12-33-24)34-22-19(15)21-26-20(17-4-3-9-32-17)27-29(21)23(31)28(22)11-16(30)13-5-7-14(25)8-6-13/h3-9H,10-12H2,1-2H3. The second-order valence-electron chi connectivity index (χ2n) is 8.86. The number of ketones is 1. The number of hydrogen-bond acceptors (Lipinski definition) is 7. The number of nitrogens with zero attached hydrogens (tertiary/aromatic N) is 4. The van der Waals surface area contributed by atoms with E-state index in [0.29, 0.717) is 40.7 Å². The number of carbonyl (C=O) groups excluding carboxylic acids is 1. The molecule has 172 valence electrons. The molecule has 0 saturated heterocycles. The van der Waals surface area contributed by atoms with Crippen LogP contribution in [0.3, 0.4) is 0 Å². The predicted octanol–water partition coefficient (Wildman–Crippen LogP) is 4.86. The van der Waals surface area contributed by atoms with Crippen LogP contribution in [0, 0.1) is 0 Å². The lowest BCUT2D eigenvalue weighted by atomic mass is 9.94. The van der Waals surface area contributed by atoms with Gasteiger partial charge in [0, 0.05) is 21.3 Å². The van der Waals surface area contributed by atoms with Crippen molar-refractivity contribution < 1.29 is 13.9 Å². The molecule has 1 aromatic carbocycles. The highest BCUT2D eigenvalue weighted by Crippen LogP contribution is 2.40. The average Bonchev–Trinajstić information content (AvgIpc) is 3.54. The van der Waals surface area contributed by atoms with Crippen LogP contribution in [0.25, 0.3) is 27.4 Å². The second-order valence-corrected chi connectivity index (χ2v) is 10.9. The highest BCUT2D eigenvalue weighted by Gasteiger charge is 2.32. The van der Waals surface area contributed by atoms with E-state index in [0.717, 1.165) is 20.3 Å². The van der Waals surface area contributed by atoms with Crippen molar-refractivity contribution in [3.63, 3.8) is 0 Å². The van der Waals surface area contributed by atoms with Gasteiger partial charge in [0.05, 0.1) is 30.4 Å². The molecule has 4 aromatic heterocycles. The molecule has 0 bridgehead atoms. The lowest BCUT2D eigenvalue weighted by molar-refractivity contribution is -0.0379. The fourth-order valence-corrected chi connectivity index (χ4v) is 5.77. The van der Waals surface area contributed by atoms with E-state index < -0.39 is 5.69 Å². The van der Waals surface area contributed by atoms with E-state index in [9.17, 15) is 9.59 Å². The molecule has 0 unspecified atom stereocenters. The molecule has 6 rings (SSSR count). The van der Waals surface area contributed by atoms with Crippen molar-refractivity contribution in [3.8, 4) is 11.6 Å². The quantitative estimate of drug-likeness (QED) is 0.303. The van der Waals surface area contributed by atoms with Crippen molar-refractivity contribution in [2.45, 2.75) is 39.0 Å². The van der Waals surface area contributed by atoms with E-state index in [4.69, 9.17) is 9.15 Å². The van der Waals surface area contributed by atoms with E-state index in [2.05, 4.69) is 26.0 Å². The second kappa shape index (κ2) is 7.72. The first-order chi connectivity index (χ1) is 16.3. The Bertz CT molecular complexity index is 1630. The van der Waals surface area contributed by atoms with Gasteiger partial charge in [-0.3, -0.25) is 9.36 Å². The van der Waals surface area contributed by atoms with Gasteiger partial charge in [-0.1, -0.05) is 28.1 Å². The van der Waals surface area contributed by atoms with Crippen LogP contribution in [0.1, 0.15) is 34.6 Å². The lowest BCUT2D eigenvalue weighted by Crippen LogP contribution is -2.32. The maximum absolute atomic E-state index is 13.6. The van der Waals surface area contributed by atoms with Crippen molar-refractivity contribution in [2.24, 2.45) is 0 Å². The first-order valence-electron chi connectivity index (χ1n) is 10.7. The molecule has 8 nitrogen and oxygen atoms in total. The Morgan fingerprint density at radius 3 is 2.76 bits per heavy atom. The van der Waals surface area contributed by atoms with Crippen LogP contribution >= 0.6 is 27.3 Å². The van der Waals surface area contributed by atoms with E-state index in [1.807, 2.05) is 26.0 Å². The number of fused-ring (bicyclic) bond motifs is 5. The minimum atomic E-state index is -0.419. The summed E-state index contributed by atoms with van der Waals surface area (Å²) in [5.74, 6) is 0.637. The number of Topliss-reactive ketones (excluding diaryl/α,β-unsaturated/α-hetero) is 1.